The normalized spacial score (nSPS) is 17.5. The highest BCUT2D eigenvalue weighted by Crippen LogP contribution is 2.21. The molecular formula is C21H28N4O2. The van der Waals surface area contributed by atoms with Gasteiger partial charge in [-0.1, -0.05) is 25.8 Å². The molecule has 1 aromatic carbocycles. The lowest BCUT2D eigenvalue weighted by Gasteiger charge is -2.39. The molecule has 0 N–H and O–H groups in total. The second-order valence-corrected chi connectivity index (χ2v) is 7.31. The summed E-state index contributed by atoms with van der Waals surface area (Å²) in [7, 11) is 1.81. The van der Waals surface area contributed by atoms with Crippen molar-refractivity contribution in [3.8, 4) is 5.69 Å². The average molecular weight is 368 g/mol. The first kappa shape index (κ1) is 19.1. The lowest BCUT2D eigenvalue weighted by molar-refractivity contribution is -0.138. The minimum Gasteiger partial charge on any atom is -0.342 e. The number of piperazine rings is 1. The SMILES string of the molecule is CCCC[C@@H]1C(=O)N(C)CCN1C(=O)c1cccc(-n2nc(C)cc2C)c1. The van der Waals surface area contributed by atoms with Gasteiger partial charge in [-0.05, 0) is 44.5 Å². The number of rotatable bonds is 5. The van der Waals surface area contributed by atoms with Gasteiger partial charge in [0, 0.05) is 31.4 Å². The Morgan fingerprint density at radius 2 is 2.00 bits per heavy atom. The van der Waals surface area contributed by atoms with Crippen LogP contribution in [0.2, 0.25) is 0 Å². The molecular weight excluding hydrogens is 340 g/mol. The molecule has 1 aliphatic heterocycles. The summed E-state index contributed by atoms with van der Waals surface area (Å²) in [5.74, 6) is -0.0429. The van der Waals surface area contributed by atoms with Crippen LogP contribution in [0.1, 0.15) is 47.9 Å². The molecule has 2 heterocycles. The number of unbranched alkanes of at least 4 members (excludes halogenated alkanes) is 1. The van der Waals surface area contributed by atoms with Crippen molar-refractivity contribution in [2.45, 2.75) is 46.1 Å². The summed E-state index contributed by atoms with van der Waals surface area (Å²) in [6.07, 6.45) is 2.64. The Morgan fingerprint density at radius 3 is 2.67 bits per heavy atom. The number of carbonyl (C=O) groups excluding carboxylic acids is 2. The molecule has 0 radical (unpaired) electrons. The Hall–Kier alpha value is -2.63. The van der Waals surface area contributed by atoms with E-state index in [0.717, 1.165) is 29.9 Å². The Kier molecular flexibility index (Phi) is 5.63. The van der Waals surface area contributed by atoms with Crippen LogP contribution in [-0.2, 0) is 4.79 Å². The molecule has 1 aromatic heterocycles. The lowest BCUT2D eigenvalue weighted by atomic mass is 10.0. The molecule has 2 amide bonds. The quantitative estimate of drug-likeness (QED) is 0.815. The molecule has 6 nitrogen and oxygen atoms in total. The van der Waals surface area contributed by atoms with Gasteiger partial charge in [-0.25, -0.2) is 4.68 Å². The van der Waals surface area contributed by atoms with E-state index in [1.54, 1.807) is 9.80 Å². The third-order valence-electron chi connectivity index (χ3n) is 5.15. The number of aryl methyl sites for hydroxylation is 2. The van der Waals surface area contributed by atoms with Crippen LogP contribution in [0.5, 0.6) is 0 Å². The molecule has 0 aliphatic carbocycles. The minimum atomic E-state index is -0.367. The fraction of sp³-hybridized carbons (Fsp3) is 0.476. The van der Waals surface area contributed by atoms with Gasteiger partial charge in [-0.3, -0.25) is 9.59 Å². The number of carbonyl (C=O) groups is 2. The van der Waals surface area contributed by atoms with Gasteiger partial charge < -0.3 is 9.80 Å². The zero-order valence-electron chi connectivity index (χ0n) is 16.6. The standard InChI is InChI=1S/C21H28N4O2/c1-5-6-10-19-21(27)23(4)11-12-24(19)20(26)17-8-7-9-18(14-17)25-16(3)13-15(2)22-25/h7-9,13-14,19H,5-6,10-12H2,1-4H3/t19-/m1/s1. The van der Waals surface area contributed by atoms with E-state index in [9.17, 15) is 9.59 Å². The largest absolute Gasteiger partial charge is 0.342 e. The zero-order valence-corrected chi connectivity index (χ0v) is 16.6. The molecule has 0 spiro atoms. The van der Waals surface area contributed by atoms with E-state index in [1.807, 2.05) is 55.9 Å². The molecule has 2 aromatic rings. The highest BCUT2D eigenvalue weighted by molar-refractivity contribution is 5.98. The number of amides is 2. The summed E-state index contributed by atoms with van der Waals surface area (Å²) in [6.45, 7) is 7.19. The van der Waals surface area contributed by atoms with Gasteiger partial charge in [0.1, 0.15) is 6.04 Å². The fourth-order valence-electron chi connectivity index (χ4n) is 3.66. The molecule has 0 saturated carbocycles. The lowest BCUT2D eigenvalue weighted by Crippen LogP contribution is -2.57. The summed E-state index contributed by atoms with van der Waals surface area (Å²) in [5, 5.41) is 4.50. The van der Waals surface area contributed by atoms with Gasteiger partial charge in [0.15, 0.2) is 0 Å². The number of benzene rings is 1. The Balaban J connectivity index is 1.89. The Morgan fingerprint density at radius 1 is 1.22 bits per heavy atom. The highest BCUT2D eigenvalue weighted by Gasteiger charge is 2.35. The minimum absolute atomic E-state index is 0.0396. The molecule has 1 atom stereocenters. The topological polar surface area (TPSA) is 58.4 Å². The van der Waals surface area contributed by atoms with E-state index >= 15 is 0 Å². The summed E-state index contributed by atoms with van der Waals surface area (Å²) >= 11 is 0. The third-order valence-corrected chi connectivity index (χ3v) is 5.15. The van der Waals surface area contributed by atoms with Crippen LogP contribution in [0.3, 0.4) is 0 Å². The van der Waals surface area contributed by atoms with Gasteiger partial charge in [0.25, 0.3) is 5.91 Å². The second-order valence-electron chi connectivity index (χ2n) is 7.31. The van der Waals surface area contributed by atoms with Crippen LogP contribution in [0, 0.1) is 13.8 Å². The summed E-state index contributed by atoms with van der Waals surface area (Å²) < 4.78 is 1.84. The van der Waals surface area contributed by atoms with Crippen molar-refractivity contribution in [1.29, 1.82) is 0 Å². The average Bonchev–Trinajstić information content (AvgIpc) is 3.00. The summed E-state index contributed by atoms with van der Waals surface area (Å²) in [5.41, 5.74) is 3.41. The monoisotopic (exact) mass is 368 g/mol. The smallest absolute Gasteiger partial charge is 0.254 e. The van der Waals surface area contributed by atoms with Crippen molar-refractivity contribution in [3.05, 3.63) is 47.3 Å². The van der Waals surface area contributed by atoms with Gasteiger partial charge in [-0.15, -0.1) is 0 Å². The first-order chi connectivity index (χ1) is 12.9. The summed E-state index contributed by atoms with van der Waals surface area (Å²) in [6, 6.07) is 9.14. The van der Waals surface area contributed by atoms with Crippen LogP contribution in [0.4, 0.5) is 0 Å². The maximum atomic E-state index is 13.2. The fourth-order valence-corrected chi connectivity index (χ4v) is 3.66. The second kappa shape index (κ2) is 7.94. The van der Waals surface area contributed by atoms with Crippen LogP contribution >= 0.6 is 0 Å². The maximum Gasteiger partial charge on any atom is 0.254 e. The number of hydrogen-bond donors (Lipinski definition) is 0. The van der Waals surface area contributed by atoms with Crippen LogP contribution in [0.25, 0.3) is 5.69 Å². The highest BCUT2D eigenvalue weighted by atomic mass is 16.2. The van der Waals surface area contributed by atoms with Crippen molar-refractivity contribution < 1.29 is 9.59 Å². The number of likely N-dealkylation sites (N-methyl/N-ethyl adjacent to an activating group) is 1. The van der Waals surface area contributed by atoms with Crippen LogP contribution in [-0.4, -0.2) is 57.6 Å². The molecule has 0 unspecified atom stereocenters. The van der Waals surface area contributed by atoms with E-state index in [-0.39, 0.29) is 17.9 Å². The first-order valence-corrected chi connectivity index (χ1v) is 9.62. The number of nitrogens with zero attached hydrogens (tertiary/aromatic N) is 4. The van der Waals surface area contributed by atoms with Gasteiger partial charge in [0.2, 0.25) is 5.91 Å². The van der Waals surface area contributed by atoms with Gasteiger partial charge in [-0.2, -0.15) is 5.10 Å². The first-order valence-electron chi connectivity index (χ1n) is 9.62. The van der Waals surface area contributed by atoms with Crippen molar-refractivity contribution in [2.24, 2.45) is 0 Å². The maximum absolute atomic E-state index is 13.2. The number of hydrogen-bond acceptors (Lipinski definition) is 3. The molecule has 1 aliphatic rings. The summed E-state index contributed by atoms with van der Waals surface area (Å²) in [4.78, 5) is 29.3. The molecule has 3 rings (SSSR count). The van der Waals surface area contributed by atoms with Crippen molar-refractivity contribution >= 4 is 11.8 Å². The van der Waals surface area contributed by atoms with E-state index < -0.39 is 0 Å². The zero-order chi connectivity index (χ0) is 19.6. The van der Waals surface area contributed by atoms with Gasteiger partial charge >= 0.3 is 0 Å². The van der Waals surface area contributed by atoms with E-state index in [1.165, 1.54) is 0 Å². The third kappa shape index (κ3) is 3.89. The van der Waals surface area contributed by atoms with E-state index in [4.69, 9.17) is 0 Å². The Bertz CT molecular complexity index is 842. The molecule has 144 valence electrons. The van der Waals surface area contributed by atoms with E-state index in [0.29, 0.717) is 25.1 Å². The molecule has 1 fully saturated rings. The number of aromatic nitrogens is 2. The predicted molar refractivity (Wildman–Crippen MR) is 105 cm³/mol. The van der Waals surface area contributed by atoms with E-state index in [2.05, 4.69) is 12.0 Å². The molecule has 0 bridgehead atoms. The Labute approximate surface area is 160 Å². The van der Waals surface area contributed by atoms with Crippen molar-refractivity contribution in [3.63, 3.8) is 0 Å². The van der Waals surface area contributed by atoms with Crippen molar-refractivity contribution in [1.82, 2.24) is 19.6 Å². The van der Waals surface area contributed by atoms with Crippen molar-refractivity contribution in [2.75, 3.05) is 20.1 Å². The molecule has 1 saturated heterocycles. The molecule has 27 heavy (non-hydrogen) atoms. The van der Waals surface area contributed by atoms with Crippen LogP contribution < -0.4 is 0 Å². The van der Waals surface area contributed by atoms with Gasteiger partial charge in [0.05, 0.1) is 11.4 Å². The predicted octanol–water partition coefficient (Wildman–Crippen LogP) is 2.96. The molecule has 6 heteroatoms. The van der Waals surface area contributed by atoms with Crippen LogP contribution in [0.15, 0.2) is 30.3 Å².